The highest BCUT2D eigenvalue weighted by molar-refractivity contribution is 7.91. The van der Waals surface area contributed by atoms with Crippen LogP contribution in [0.2, 0.25) is 0 Å². The molecule has 1 aliphatic rings. The molecule has 4 rings (SSSR count). The monoisotopic (exact) mass is 442 g/mol. The molecular formula is C21H26N6O3S. The van der Waals surface area contributed by atoms with Crippen molar-refractivity contribution in [2.45, 2.75) is 47.8 Å². The molecule has 1 aliphatic carbocycles. The molecule has 0 saturated heterocycles. The predicted octanol–water partition coefficient (Wildman–Crippen LogP) is 3.23. The molecule has 0 amide bonds. The van der Waals surface area contributed by atoms with Crippen molar-refractivity contribution < 1.29 is 13.5 Å². The van der Waals surface area contributed by atoms with E-state index in [2.05, 4.69) is 30.8 Å². The zero-order chi connectivity index (χ0) is 21.7. The number of aliphatic hydroxyl groups is 1. The molecular weight excluding hydrogens is 416 g/mol. The number of pyridine rings is 2. The van der Waals surface area contributed by atoms with Gasteiger partial charge in [0.2, 0.25) is 9.84 Å². The average molecular weight is 443 g/mol. The molecule has 3 aromatic rings. The zero-order valence-corrected chi connectivity index (χ0v) is 17.9. The van der Waals surface area contributed by atoms with Gasteiger partial charge >= 0.3 is 0 Å². The molecule has 0 aromatic carbocycles. The maximum atomic E-state index is 13.1. The number of nitrogens with zero attached hydrogens (tertiary/aromatic N) is 3. The van der Waals surface area contributed by atoms with E-state index < -0.39 is 9.84 Å². The molecule has 1 fully saturated rings. The Morgan fingerprint density at radius 2 is 1.90 bits per heavy atom. The number of hydrogen-bond acceptors (Lipinski definition) is 8. The quantitative estimate of drug-likeness (QED) is 0.371. The summed E-state index contributed by atoms with van der Waals surface area (Å²) in [5.41, 5.74) is 1.08. The maximum Gasteiger partial charge on any atom is 0.208 e. The SMILES string of the molecule is O=S(=O)(c1cccnc1)c1cc(NCCCO)nc(Nc2cc(C3CCCC3)[nH]n2)c1. The van der Waals surface area contributed by atoms with Crippen LogP contribution in [0.3, 0.4) is 0 Å². The standard InChI is InChI=1S/C21H26N6O3S/c28-10-4-9-23-19-11-17(31(29,30)16-7-3-8-22-14-16)12-20(24-19)25-21-13-18(26-27-21)15-5-1-2-6-15/h3,7-8,11-15,28H,1-2,4-6,9-10H2,(H3,23,24,25,26,27). The van der Waals surface area contributed by atoms with Gasteiger partial charge in [-0.25, -0.2) is 13.4 Å². The van der Waals surface area contributed by atoms with Crippen molar-refractivity contribution in [1.82, 2.24) is 20.2 Å². The average Bonchev–Trinajstić information content (AvgIpc) is 3.46. The Labute approximate surface area is 181 Å². The van der Waals surface area contributed by atoms with E-state index in [9.17, 15) is 8.42 Å². The van der Waals surface area contributed by atoms with E-state index in [1.54, 1.807) is 6.07 Å². The van der Waals surface area contributed by atoms with Crippen LogP contribution < -0.4 is 10.6 Å². The van der Waals surface area contributed by atoms with Gasteiger partial charge in [0.25, 0.3) is 0 Å². The molecule has 0 unspecified atom stereocenters. The molecule has 9 nitrogen and oxygen atoms in total. The van der Waals surface area contributed by atoms with Gasteiger partial charge in [-0.1, -0.05) is 12.8 Å². The van der Waals surface area contributed by atoms with E-state index in [-0.39, 0.29) is 16.4 Å². The Balaban J connectivity index is 1.63. The third-order valence-corrected chi connectivity index (χ3v) is 7.06. The molecule has 0 bridgehead atoms. The highest BCUT2D eigenvalue weighted by Gasteiger charge is 2.22. The summed E-state index contributed by atoms with van der Waals surface area (Å²) in [6.07, 6.45) is 8.13. The molecule has 1 saturated carbocycles. The van der Waals surface area contributed by atoms with Gasteiger partial charge in [0.1, 0.15) is 11.6 Å². The molecule has 31 heavy (non-hydrogen) atoms. The number of aliphatic hydroxyl groups excluding tert-OH is 1. The minimum absolute atomic E-state index is 0.0307. The fraction of sp³-hybridized carbons (Fsp3) is 0.381. The Hall–Kier alpha value is -2.98. The van der Waals surface area contributed by atoms with Gasteiger partial charge < -0.3 is 15.7 Å². The number of hydrogen-bond donors (Lipinski definition) is 4. The van der Waals surface area contributed by atoms with Gasteiger partial charge in [-0.2, -0.15) is 5.10 Å². The number of aromatic amines is 1. The summed E-state index contributed by atoms with van der Waals surface area (Å²) in [4.78, 5) is 8.60. The van der Waals surface area contributed by atoms with E-state index in [1.165, 1.54) is 43.4 Å². The van der Waals surface area contributed by atoms with Crippen LogP contribution in [0.4, 0.5) is 17.5 Å². The molecule has 0 radical (unpaired) electrons. The number of anilines is 3. The zero-order valence-electron chi connectivity index (χ0n) is 17.1. The topological polar surface area (TPSA) is 133 Å². The lowest BCUT2D eigenvalue weighted by molar-refractivity contribution is 0.292. The highest BCUT2D eigenvalue weighted by atomic mass is 32.2. The lowest BCUT2D eigenvalue weighted by Crippen LogP contribution is -2.09. The molecule has 4 N–H and O–H groups in total. The summed E-state index contributed by atoms with van der Waals surface area (Å²) in [6, 6.07) is 8.03. The minimum atomic E-state index is -3.77. The van der Waals surface area contributed by atoms with Gasteiger partial charge in [0.05, 0.1) is 9.79 Å². The van der Waals surface area contributed by atoms with Crippen molar-refractivity contribution >= 4 is 27.3 Å². The van der Waals surface area contributed by atoms with Crippen LogP contribution in [0.15, 0.2) is 52.5 Å². The second kappa shape index (κ2) is 9.44. The second-order valence-electron chi connectivity index (χ2n) is 7.58. The van der Waals surface area contributed by atoms with Crippen molar-refractivity contribution in [1.29, 1.82) is 0 Å². The van der Waals surface area contributed by atoms with Gasteiger partial charge in [-0.05, 0) is 37.5 Å². The van der Waals surface area contributed by atoms with Crippen molar-refractivity contribution in [3.63, 3.8) is 0 Å². The van der Waals surface area contributed by atoms with E-state index >= 15 is 0 Å². The van der Waals surface area contributed by atoms with Crippen LogP contribution >= 0.6 is 0 Å². The molecule has 0 atom stereocenters. The minimum Gasteiger partial charge on any atom is -0.396 e. The fourth-order valence-electron chi connectivity index (χ4n) is 3.73. The fourth-order valence-corrected chi connectivity index (χ4v) is 4.99. The van der Waals surface area contributed by atoms with Crippen LogP contribution in [-0.4, -0.2) is 46.8 Å². The summed E-state index contributed by atoms with van der Waals surface area (Å²) < 4.78 is 26.2. The van der Waals surface area contributed by atoms with Crippen molar-refractivity contribution in [3.8, 4) is 0 Å². The first-order valence-electron chi connectivity index (χ1n) is 10.4. The third-order valence-electron chi connectivity index (χ3n) is 5.34. The highest BCUT2D eigenvalue weighted by Crippen LogP contribution is 2.34. The van der Waals surface area contributed by atoms with Crippen molar-refractivity contribution in [2.24, 2.45) is 0 Å². The molecule has 10 heteroatoms. The van der Waals surface area contributed by atoms with Gasteiger partial charge in [0, 0.05) is 49.3 Å². The lowest BCUT2D eigenvalue weighted by atomic mass is 10.0. The summed E-state index contributed by atoms with van der Waals surface area (Å²) in [6.45, 7) is 0.497. The van der Waals surface area contributed by atoms with Crippen LogP contribution in [0.25, 0.3) is 0 Å². The molecule has 3 heterocycles. The number of aromatic nitrogens is 4. The summed E-state index contributed by atoms with van der Waals surface area (Å²) in [5, 5.41) is 22.6. The van der Waals surface area contributed by atoms with Gasteiger partial charge in [-0.3, -0.25) is 10.1 Å². The van der Waals surface area contributed by atoms with E-state index in [1.807, 2.05) is 6.07 Å². The first-order valence-corrected chi connectivity index (χ1v) is 11.9. The molecule has 0 aliphatic heterocycles. The van der Waals surface area contributed by atoms with Crippen LogP contribution in [0, 0.1) is 0 Å². The molecule has 164 valence electrons. The van der Waals surface area contributed by atoms with Crippen molar-refractivity contribution in [3.05, 3.63) is 48.4 Å². The summed E-state index contributed by atoms with van der Waals surface area (Å²) in [7, 11) is -3.77. The van der Waals surface area contributed by atoms with Crippen LogP contribution in [0.1, 0.15) is 43.7 Å². The van der Waals surface area contributed by atoms with E-state index in [0.717, 1.165) is 18.5 Å². The first kappa shape index (κ1) is 21.3. The van der Waals surface area contributed by atoms with Crippen molar-refractivity contribution in [2.75, 3.05) is 23.8 Å². The number of sulfone groups is 1. The van der Waals surface area contributed by atoms with Crippen LogP contribution in [-0.2, 0) is 9.84 Å². The lowest BCUT2D eigenvalue weighted by Gasteiger charge is -2.11. The number of nitrogens with one attached hydrogen (secondary N) is 3. The largest absolute Gasteiger partial charge is 0.396 e. The molecule has 3 aromatic heterocycles. The third kappa shape index (κ3) is 5.02. The van der Waals surface area contributed by atoms with Crippen LogP contribution in [0.5, 0.6) is 0 Å². The van der Waals surface area contributed by atoms with Gasteiger partial charge in [0.15, 0.2) is 5.82 Å². The Morgan fingerprint density at radius 3 is 2.65 bits per heavy atom. The molecule has 0 spiro atoms. The predicted molar refractivity (Wildman–Crippen MR) is 117 cm³/mol. The Morgan fingerprint density at radius 1 is 1.10 bits per heavy atom. The summed E-state index contributed by atoms with van der Waals surface area (Å²) >= 11 is 0. The number of H-pyrrole nitrogens is 1. The Kier molecular flexibility index (Phi) is 6.47. The first-order chi connectivity index (χ1) is 15.1. The normalized spacial score (nSPS) is 14.6. The second-order valence-corrected chi connectivity index (χ2v) is 9.53. The Bertz CT molecular complexity index is 1110. The number of rotatable bonds is 9. The maximum absolute atomic E-state index is 13.1. The van der Waals surface area contributed by atoms with Gasteiger partial charge in [-0.15, -0.1) is 0 Å². The van der Waals surface area contributed by atoms with E-state index in [4.69, 9.17) is 5.11 Å². The smallest absolute Gasteiger partial charge is 0.208 e. The summed E-state index contributed by atoms with van der Waals surface area (Å²) in [5.74, 6) is 1.84. The van der Waals surface area contributed by atoms with E-state index in [0.29, 0.717) is 36.3 Å².